The van der Waals surface area contributed by atoms with Gasteiger partial charge in [0.15, 0.2) is 0 Å². The molecule has 0 aromatic carbocycles. The van der Waals surface area contributed by atoms with Crippen molar-refractivity contribution in [2.45, 2.75) is 0 Å². The smallest absolute Gasteiger partial charge is 0.259 e. The summed E-state index contributed by atoms with van der Waals surface area (Å²) in [5.41, 5.74) is -0.455. The van der Waals surface area contributed by atoms with E-state index in [0.29, 0.717) is 6.21 Å². The van der Waals surface area contributed by atoms with Crippen LogP contribution in [0.25, 0.3) is 0 Å². The van der Waals surface area contributed by atoms with Gasteiger partial charge in [-0.1, -0.05) is 0 Å². The number of hydrogen-bond donors (Lipinski definition) is 2. The molecule has 0 bridgehead atoms. The number of rotatable bonds is 2. The van der Waals surface area contributed by atoms with Gasteiger partial charge >= 0.3 is 0 Å². The summed E-state index contributed by atoms with van der Waals surface area (Å²) in [6.45, 7) is 0. The molecule has 0 aliphatic carbocycles. The van der Waals surface area contributed by atoms with Crippen LogP contribution in [0.1, 0.15) is 10.4 Å². The third-order valence-corrected chi connectivity index (χ3v) is 1.21. The lowest BCUT2D eigenvalue weighted by Gasteiger charge is -1.89. The molecule has 0 aliphatic heterocycles. The molecule has 4 heteroatoms. The van der Waals surface area contributed by atoms with E-state index in [1.807, 2.05) is 0 Å². The van der Waals surface area contributed by atoms with Crippen molar-refractivity contribution in [2.24, 2.45) is 0 Å². The molecule has 56 valence electrons. The lowest BCUT2D eigenvalue weighted by molar-refractivity contribution is 0.106. The Morgan fingerprint density at radius 3 is 2.91 bits per heavy atom. The summed E-state index contributed by atoms with van der Waals surface area (Å²) in [7, 11) is 0. The largest absolute Gasteiger partial charge is 0.328 e. The number of hydrogen-bond acceptors (Lipinski definition) is 3. The predicted octanol–water partition coefficient (Wildman–Crippen LogP) is 0.207. The topological polar surface area (TPSA) is 73.8 Å². The minimum absolute atomic E-state index is 0.00231. The van der Waals surface area contributed by atoms with Crippen LogP contribution < -0.4 is 5.56 Å². The Kier molecular flexibility index (Phi) is 1.96. The molecule has 4 nitrogen and oxygen atoms in total. The average molecular weight is 150 g/mol. The van der Waals surface area contributed by atoms with Crippen molar-refractivity contribution < 1.29 is 4.79 Å². The van der Waals surface area contributed by atoms with Crippen LogP contribution in [0.2, 0.25) is 0 Å². The highest BCUT2D eigenvalue weighted by molar-refractivity contribution is 6.34. The van der Waals surface area contributed by atoms with Crippen LogP contribution >= 0.6 is 0 Å². The van der Waals surface area contributed by atoms with Crippen molar-refractivity contribution in [1.29, 1.82) is 5.41 Å². The second kappa shape index (κ2) is 2.92. The monoisotopic (exact) mass is 150 g/mol. The third-order valence-electron chi connectivity index (χ3n) is 1.21. The molecule has 2 N–H and O–H groups in total. The van der Waals surface area contributed by atoms with Crippen molar-refractivity contribution in [3.63, 3.8) is 0 Å². The first-order valence-electron chi connectivity index (χ1n) is 2.98. The van der Waals surface area contributed by atoms with E-state index in [2.05, 4.69) is 4.98 Å². The van der Waals surface area contributed by atoms with Gasteiger partial charge in [-0.3, -0.25) is 9.59 Å². The highest BCUT2D eigenvalue weighted by Crippen LogP contribution is 1.87. The van der Waals surface area contributed by atoms with Crippen LogP contribution in [0.3, 0.4) is 0 Å². The second-order valence-corrected chi connectivity index (χ2v) is 1.92. The zero-order chi connectivity index (χ0) is 8.27. The molecule has 1 aromatic heterocycles. The van der Waals surface area contributed by atoms with Gasteiger partial charge in [-0.05, 0) is 12.1 Å². The number of H-pyrrole nitrogens is 1. The van der Waals surface area contributed by atoms with Crippen LogP contribution in [0, 0.1) is 5.41 Å². The Labute approximate surface area is 62.4 Å². The van der Waals surface area contributed by atoms with Crippen molar-refractivity contribution in [3.05, 3.63) is 34.2 Å². The molecule has 1 aromatic rings. The second-order valence-electron chi connectivity index (χ2n) is 1.92. The lowest BCUT2D eigenvalue weighted by Crippen LogP contribution is -2.16. The first kappa shape index (κ1) is 7.40. The normalized spacial score (nSPS) is 9.09. The Bertz CT molecular complexity index is 340. The van der Waals surface area contributed by atoms with Gasteiger partial charge < -0.3 is 10.4 Å². The number of Topliss-reactive ketones (excluding diaryl/α,β-unsaturated/α-hetero) is 1. The van der Waals surface area contributed by atoms with E-state index in [0.717, 1.165) is 0 Å². The van der Waals surface area contributed by atoms with E-state index >= 15 is 0 Å². The van der Waals surface area contributed by atoms with Crippen molar-refractivity contribution in [2.75, 3.05) is 0 Å². The maximum absolute atomic E-state index is 10.8. The van der Waals surface area contributed by atoms with Gasteiger partial charge in [-0.15, -0.1) is 0 Å². The quantitative estimate of drug-likeness (QED) is 0.467. The molecule has 0 atom stereocenters. The molecule has 0 radical (unpaired) electrons. The number of nitrogens with one attached hydrogen (secondary N) is 2. The first-order valence-corrected chi connectivity index (χ1v) is 2.98. The number of pyridine rings is 1. The summed E-state index contributed by atoms with van der Waals surface area (Å²) >= 11 is 0. The number of ketones is 1. The van der Waals surface area contributed by atoms with Crippen LogP contribution in [0.15, 0.2) is 23.1 Å². The van der Waals surface area contributed by atoms with Crippen LogP contribution in [-0.2, 0) is 0 Å². The summed E-state index contributed by atoms with van der Waals surface area (Å²) in [6.07, 6.45) is 2.05. The highest BCUT2D eigenvalue weighted by atomic mass is 16.1. The van der Waals surface area contributed by atoms with Crippen LogP contribution in [-0.4, -0.2) is 17.0 Å². The molecule has 0 saturated carbocycles. The number of aromatic amines is 1. The fraction of sp³-hybridized carbons (Fsp3) is 0. The molecule has 0 amide bonds. The zero-order valence-electron chi connectivity index (χ0n) is 5.63. The fourth-order valence-electron chi connectivity index (χ4n) is 0.693. The average Bonchev–Trinajstić information content (AvgIpc) is 2.04. The Morgan fingerprint density at radius 2 is 2.36 bits per heavy atom. The molecule has 0 unspecified atom stereocenters. The van der Waals surface area contributed by atoms with Crippen molar-refractivity contribution in [3.8, 4) is 0 Å². The number of carbonyl (C=O) groups is 1. The molecule has 11 heavy (non-hydrogen) atoms. The van der Waals surface area contributed by atoms with Gasteiger partial charge in [0, 0.05) is 6.20 Å². The zero-order valence-corrected chi connectivity index (χ0v) is 5.63. The van der Waals surface area contributed by atoms with E-state index in [9.17, 15) is 9.59 Å². The molecule has 0 spiro atoms. The SMILES string of the molecule is N=CC(=O)c1ccc[nH]c1=O. The Morgan fingerprint density at radius 1 is 1.64 bits per heavy atom. The van der Waals surface area contributed by atoms with Crippen LogP contribution in [0.5, 0.6) is 0 Å². The highest BCUT2D eigenvalue weighted by Gasteiger charge is 2.04. The fourth-order valence-corrected chi connectivity index (χ4v) is 0.693. The number of carbonyl (C=O) groups excluding carboxylic acids is 1. The minimum atomic E-state index is -0.577. The van der Waals surface area contributed by atoms with Gasteiger partial charge in [0.2, 0.25) is 5.78 Å². The van der Waals surface area contributed by atoms with E-state index in [1.165, 1.54) is 18.3 Å². The molecule has 0 fully saturated rings. The van der Waals surface area contributed by atoms with E-state index < -0.39 is 11.3 Å². The van der Waals surface area contributed by atoms with E-state index in [-0.39, 0.29) is 5.56 Å². The predicted molar refractivity (Wildman–Crippen MR) is 40.2 cm³/mol. The summed E-state index contributed by atoms with van der Waals surface area (Å²) in [6, 6.07) is 2.92. The van der Waals surface area contributed by atoms with Gasteiger partial charge in [0.05, 0.1) is 11.8 Å². The van der Waals surface area contributed by atoms with Gasteiger partial charge in [-0.25, -0.2) is 0 Å². The molecule has 1 rings (SSSR count). The maximum atomic E-state index is 10.8. The van der Waals surface area contributed by atoms with Gasteiger partial charge in [-0.2, -0.15) is 0 Å². The summed E-state index contributed by atoms with van der Waals surface area (Å²) in [5, 5.41) is 6.62. The van der Waals surface area contributed by atoms with E-state index in [4.69, 9.17) is 5.41 Å². The minimum Gasteiger partial charge on any atom is -0.328 e. The number of aromatic nitrogens is 1. The van der Waals surface area contributed by atoms with Crippen molar-refractivity contribution >= 4 is 12.0 Å². The molecular weight excluding hydrogens is 144 g/mol. The van der Waals surface area contributed by atoms with E-state index in [1.54, 1.807) is 0 Å². The molecule has 1 heterocycles. The summed E-state index contributed by atoms with van der Waals surface area (Å²) in [5.74, 6) is -0.577. The first-order chi connectivity index (χ1) is 5.25. The lowest BCUT2D eigenvalue weighted by atomic mass is 10.2. The van der Waals surface area contributed by atoms with Crippen LogP contribution in [0.4, 0.5) is 0 Å². The maximum Gasteiger partial charge on any atom is 0.259 e. The molecular formula is C7H6N2O2. The Hall–Kier alpha value is -1.71. The standard InChI is InChI=1S/C7H6N2O2/c8-4-6(10)5-2-1-3-9-7(5)11/h1-4,8H,(H,9,11). The van der Waals surface area contributed by atoms with Gasteiger partial charge in [0.1, 0.15) is 0 Å². The Balaban J connectivity index is 3.24. The van der Waals surface area contributed by atoms with Crippen molar-refractivity contribution in [1.82, 2.24) is 4.98 Å². The molecule has 0 saturated heterocycles. The molecule has 0 aliphatic rings. The summed E-state index contributed by atoms with van der Waals surface area (Å²) in [4.78, 5) is 23.9. The van der Waals surface area contributed by atoms with Gasteiger partial charge in [0.25, 0.3) is 5.56 Å². The summed E-state index contributed by atoms with van der Waals surface area (Å²) < 4.78 is 0. The third kappa shape index (κ3) is 1.40.